The number of phenolic OH excluding ortho intramolecular Hbond substituents is 1. The molecule has 1 aromatic heterocycles. The van der Waals surface area contributed by atoms with Crippen molar-refractivity contribution in [3.63, 3.8) is 0 Å². The van der Waals surface area contributed by atoms with Gasteiger partial charge in [0, 0.05) is 35.1 Å². The highest BCUT2D eigenvalue weighted by Gasteiger charge is 2.14. The Labute approximate surface area is 127 Å². The largest absolute Gasteiger partial charge is 0.508 e. The van der Waals surface area contributed by atoms with E-state index in [2.05, 4.69) is 0 Å². The molecular weight excluding hydrogens is 281 g/mol. The van der Waals surface area contributed by atoms with Crippen molar-refractivity contribution in [1.82, 2.24) is 4.57 Å². The number of ketones is 1. The number of allylic oxidation sites excluding steroid dienone is 6. The van der Waals surface area contributed by atoms with Gasteiger partial charge in [0.2, 0.25) is 0 Å². The Morgan fingerprint density at radius 1 is 1.36 bits per heavy atom. The number of carbonyl (C=O) groups is 1. The normalized spacial score (nSPS) is 17.5. The molecule has 0 saturated carbocycles. The van der Waals surface area contributed by atoms with Crippen molar-refractivity contribution < 1.29 is 14.3 Å². The molecule has 1 aliphatic rings. The minimum absolute atomic E-state index is 0.0358. The maximum atomic E-state index is 13.2. The van der Waals surface area contributed by atoms with Crippen LogP contribution in [-0.2, 0) is 6.54 Å². The molecule has 1 atom stereocenters. The van der Waals surface area contributed by atoms with Crippen LogP contribution in [-0.4, -0.2) is 15.5 Å². The predicted molar refractivity (Wildman–Crippen MR) is 84.6 cm³/mol. The lowest BCUT2D eigenvalue weighted by Crippen LogP contribution is -2.05. The van der Waals surface area contributed by atoms with Gasteiger partial charge in [-0.25, -0.2) is 4.39 Å². The molecule has 112 valence electrons. The van der Waals surface area contributed by atoms with Crippen LogP contribution in [0.3, 0.4) is 0 Å². The quantitative estimate of drug-likeness (QED) is 0.865. The van der Waals surface area contributed by atoms with Crippen molar-refractivity contribution in [3.8, 4) is 5.75 Å². The van der Waals surface area contributed by atoms with Gasteiger partial charge in [-0.05, 0) is 37.3 Å². The lowest BCUT2D eigenvalue weighted by atomic mass is 10.1. The highest BCUT2D eigenvalue weighted by molar-refractivity contribution is 6.07. The van der Waals surface area contributed by atoms with Crippen LogP contribution in [0.1, 0.15) is 17.3 Å². The topological polar surface area (TPSA) is 42.2 Å². The summed E-state index contributed by atoms with van der Waals surface area (Å²) >= 11 is 0. The van der Waals surface area contributed by atoms with E-state index in [4.69, 9.17) is 0 Å². The molecule has 3 nitrogen and oxygen atoms in total. The summed E-state index contributed by atoms with van der Waals surface area (Å²) in [7, 11) is 0. The fourth-order valence-electron chi connectivity index (χ4n) is 2.69. The maximum Gasteiger partial charge on any atom is 0.161 e. The number of halogens is 1. The van der Waals surface area contributed by atoms with Gasteiger partial charge < -0.3 is 9.67 Å². The number of carbonyl (C=O) groups excluding carboxylic acids is 1. The zero-order chi connectivity index (χ0) is 15.7. The monoisotopic (exact) mass is 297 g/mol. The standard InChI is InChI=1S/C18H16FNO2/c1-12(21)17-11-20(18-8-7-15(22)9-16(17)18)10-13-3-2-4-14(19)6-5-13/h2-9,11,13,22H,10H2,1H3. The molecule has 0 amide bonds. The molecule has 22 heavy (non-hydrogen) atoms. The maximum absolute atomic E-state index is 13.2. The van der Waals surface area contributed by atoms with Crippen molar-refractivity contribution in [1.29, 1.82) is 0 Å². The number of hydrogen-bond acceptors (Lipinski definition) is 2. The van der Waals surface area contributed by atoms with Crippen molar-refractivity contribution >= 4 is 16.7 Å². The number of phenols is 1. The molecule has 1 aromatic carbocycles. The Morgan fingerprint density at radius 3 is 2.95 bits per heavy atom. The fourth-order valence-corrected chi connectivity index (χ4v) is 2.69. The molecular formula is C18H16FNO2. The molecule has 1 unspecified atom stereocenters. The first-order chi connectivity index (χ1) is 10.5. The van der Waals surface area contributed by atoms with Gasteiger partial charge in [0.15, 0.2) is 5.78 Å². The number of rotatable bonds is 3. The van der Waals surface area contributed by atoms with Gasteiger partial charge in [-0.1, -0.05) is 18.2 Å². The van der Waals surface area contributed by atoms with Gasteiger partial charge in [0.25, 0.3) is 0 Å². The van der Waals surface area contributed by atoms with Crippen LogP contribution in [0.2, 0.25) is 0 Å². The lowest BCUT2D eigenvalue weighted by molar-refractivity contribution is 0.101. The smallest absolute Gasteiger partial charge is 0.161 e. The van der Waals surface area contributed by atoms with Crippen LogP contribution in [0.15, 0.2) is 60.6 Å². The number of aromatic hydroxyl groups is 1. The zero-order valence-electron chi connectivity index (χ0n) is 12.2. The van der Waals surface area contributed by atoms with E-state index in [0.717, 1.165) is 10.9 Å². The van der Waals surface area contributed by atoms with Crippen molar-refractivity contribution in [2.75, 3.05) is 0 Å². The molecule has 0 radical (unpaired) electrons. The van der Waals surface area contributed by atoms with Gasteiger partial charge >= 0.3 is 0 Å². The number of aromatic nitrogens is 1. The first-order valence-electron chi connectivity index (χ1n) is 7.09. The third-order valence-electron chi connectivity index (χ3n) is 3.77. The Balaban J connectivity index is 2.01. The first kappa shape index (κ1) is 14.3. The summed E-state index contributed by atoms with van der Waals surface area (Å²) in [6.45, 7) is 2.11. The molecule has 0 saturated heterocycles. The second-order valence-electron chi connectivity index (χ2n) is 5.41. The highest BCUT2D eigenvalue weighted by atomic mass is 19.1. The summed E-state index contributed by atoms with van der Waals surface area (Å²) in [6, 6.07) is 4.99. The predicted octanol–water partition coefficient (Wildman–Crippen LogP) is 4.15. The summed E-state index contributed by atoms with van der Waals surface area (Å²) in [4.78, 5) is 11.8. The Morgan fingerprint density at radius 2 is 2.18 bits per heavy atom. The van der Waals surface area contributed by atoms with E-state index < -0.39 is 0 Å². The minimum Gasteiger partial charge on any atom is -0.508 e. The average molecular weight is 297 g/mol. The lowest BCUT2D eigenvalue weighted by Gasteiger charge is -2.10. The van der Waals surface area contributed by atoms with Gasteiger partial charge in [0.05, 0.1) is 0 Å². The van der Waals surface area contributed by atoms with Crippen LogP contribution in [0.25, 0.3) is 10.9 Å². The third-order valence-corrected chi connectivity index (χ3v) is 3.77. The van der Waals surface area contributed by atoms with E-state index >= 15 is 0 Å². The molecule has 2 aromatic rings. The zero-order valence-corrected chi connectivity index (χ0v) is 12.2. The van der Waals surface area contributed by atoms with Crippen molar-refractivity contribution in [2.24, 2.45) is 5.92 Å². The molecule has 1 N–H and O–H groups in total. The van der Waals surface area contributed by atoms with E-state index in [9.17, 15) is 14.3 Å². The van der Waals surface area contributed by atoms with Crippen molar-refractivity contribution in [3.05, 3.63) is 66.2 Å². The number of hydrogen-bond donors (Lipinski definition) is 1. The second-order valence-corrected chi connectivity index (χ2v) is 5.41. The van der Waals surface area contributed by atoms with Crippen LogP contribution in [0, 0.1) is 5.92 Å². The molecule has 0 aliphatic heterocycles. The number of fused-ring (bicyclic) bond motifs is 1. The third kappa shape index (κ3) is 2.72. The van der Waals surface area contributed by atoms with Gasteiger partial charge in [-0.15, -0.1) is 0 Å². The van der Waals surface area contributed by atoms with Gasteiger partial charge in [-0.3, -0.25) is 4.79 Å². The number of benzene rings is 1. The summed E-state index contributed by atoms with van der Waals surface area (Å²) in [5.41, 5.74) is 1.46. The van der Waals surface area contributed by atoms with E-state index in [0.29, 0.717) is 12.1 Å². The Bertz CT molecular complexity index is 827. The minimum atomic E-state index is -0.273. The highest BCUT2D eigenvalue weighted by Crippen LogP contribution is 2.27. The van der Waals surface area contributed by atoms with Crippen LogP contribution in [0.4, 0.5) is 4.39 Å². The van der Waals surface area contributed by atoms with E-state index in [1.807, 2.05) is 10.6 Å². The van der Waals surface area contributed by atoms with E-state index in [1.165, 1.54) is 19.1 Å². The molecule has 0 bridgehead atoms. The fraction of sp³-hybridized carbons (Fsp3) is 0.167. The Hall–Kier alpha value is -2.62. The van der Waals surface area contributed by atoms with E-state index in [1.54, 1.807) is 36.5 Å². The van der Waals surface area contributed by atoms with E-state index in [-0.39, 0.29) is 23.3 Å². The first-order valence-corrected chi connectivity index (χ1v) is 7.09. The van der Waals surface area contributed by atoms with Gasteiger partial charge in [-0.2, -0.15) is 0 Å². The van der Waals surface area contributed by atoms with Crippen LogP contribution >= 0.6 is 0 Å². The molecule has 3 rings (SSSR count). The molecule has 0 fully saturated rings. The molecule has 1 aliphatic carbocycles. The molecule has 0 spiro atoms. The van der Waals surface area contributed by atoms with Crippen molar-refractivity contribution in [2.45, 2.75) is 13.5 Å². The second kappa shape index (κ2) is 5.64. The van der Waals surface area contributed by atoms with Crippen LogP contribution in [0.5, 0.6) is 5.75 Å². The summed E-state index contributed by atoms with van der Waals surface area (Å²) in [5, 5.41) is 10.4. The number of Topliss-reactive ketones (excluding diaryl/α,β-unsaturated/α-hetero) is 1. The van der Waals surface area contributed by atoms with Crippen LogP contribution < -0.4 is 0 Å². The number of nitrogens with zero attached hydrogens (tertiary/aromatic N) is 1. The van der Waals surface area contributed by atoms with Gasteiger partial charge in [0.1, 0.15) is 11.6 Å². The molecule has 1 heterocycles. The summed E-state index contributed by atoms with van der Waals surface area (Å²) in [5.74, 6) is -0.151. The summed E-state index contributed by atoms with van der Waals surface area (Å²) in [6.07, 6.45) is 10.1. The summed E-state index contributed by atoms with van der Waals surface area (Å²) < 4.78 is 15.2. The Kier molecular flexibility index (Phi) is 3.67. The SMILES string of the molecule is CC(=O)c1cn(CC2C=CC=C(F)C=C2)c2ccc(O)cc12. The average Bonchev–Trinajstić information content (AvgIpc) is 2.69. The molecule has 4 heteroatoms.